The Morgan fingerprint density at radius 1 is 1.75 bits per heavy atom. The molecule has 0 radical (unpaired) electrons. The summed E-state index contributed by atoms with van der Waals surface area (Å²) in [5.74, 6) is 0.710. The van der Waals surface area contributed by atoms with E-state index in [1.807, 2.05) is 6.92 Å². The number of aromatic nitrogens is 1. The minimum absolute atomic E-state index is 0.638. The van der Waals surface area contributed by atoms with Gasteiger partial charge in [-0.2, -0.15) is 0 Å². The van der Waals surface area contributed by atoms with Crippen molar-refractivity contribution in [1.82, 2.24) is 4.98 Å². The topological polar surface area (TPSA) is 24.9 Å². The van der Waals surface area contributed by atoms with E-state index in [-0.39, 0.29) is 0 Å². The highest BCUT2D eigenvalue weighted by molar-refractivity contribution is 6.32. The van der Waals surface area contributed by atoms with Crippen molar-refractivity contribution in [3.8, 4) is 0 Å². The van der Waals surface area contributed by atoms with Crippen molar-refractivity contribution >= 4 is 17.4 Å². The van der Waals surface area contributed by atoms with Gasteiger partial charge >= 0.3 is 0 Å². The number of anilines is 1. The average molecular weight is 183 g/mol. The molecule has 0 aliphatic heterocycles. The molecule has 1 N–H and O–H groups in total. The summed E-state index contributed by atoms with van der Waals surface area (Å²) in [6, 6.07) is 3.60. The normalized spacial score (nSPS) is 9.50. The maximum atomic E-state index is 5.85. The number of hydrogen-bond donors (Lipinski definition) is 1. The quantitative estimate of drug-likeness (QED) is 0.728. The van der Waals surface area contributed by atoms with Gasteiger partial charge in [-0.1, -0.05) is 23.8 Å². The summed E-state index contributed by atoms with van der Waals surface area (Å²) in [5, 5.41) is 3.71. The maximum Gasteiger partial charge on any atom is 0.145 e. The van der Waals surface area contributed by atoms with Crippen LogP contribution in [-0.2, 0) is 0 Å². The molecular weight excluding hydrogens is 172 g/mol. The van der Waals surface area contributed by atoms with Gasteiger partial charge in [-0.25, -0.2) is 4.98 Å². The Kier molecular flexibility index (Phi) is 3.11. The van der Waals surface area contributed by atoms with Crippen LogP contribution < -0.4 is 5.32 Å². The Morgan fingerprint density at radius 2 is 2.50 bits per heavy atom. The lowest BCUT2D eigenvalue weighted by Crippen LogP contribution is -2.03. The standard InChI is InChI=1S/C9H11ClN2/c1-7(2)6-12-9-8(10)4-3-5-11-9/h3-5H,1,6H2,2H3,(H,11,12). The number of halogens is 1. The molecule has 2 nitrogen and oxygen atoms in total. The van der Waals surface area contributed by atoms with E-state index in [1.165, 1.54) is 0 Å². The van der Waals surface area contributed by atoms with Gasteiger partial charge in [0.1, 0.15) is 5.82 Å². The smallest absolute Gasteiger partial charge is 0.145 e. The molecule has 1 aromatic heterocycles. The zero-order chi connectivity index (χ0) is 8.97. The summed E-state index contributed by atoms with van der Waals surface area (Å²) in [5.41, 5.74) is 1.05. The highest BCUT2D eigenvalue weighted by Gasteiger charge is 1.97. The van der Waals surface area contributed by atoms with E-state index < -0.39 is 0 Å². The van der Waals surface area contributed by atoms with Crippen molar-refractivity contribution in [1.29, 1.82) is 0 Å². The molecule has 0 aromatic carbocycles. The van der Waals surface area contributed by atoms with Gasteiger partial charge in [0, 0.05) is 12.7 Å². The molecule has 3 heteroatoms. The Morgan fingerprint density at radius 3 is 3.08 bits per heavy atom. The van der Waals surface area contributed by atoms with Gasteiger partial charge in [-0.05, 0) is 19.1 Å². The van der Waals surface area contributed by atoms with Crippen LogP contribution in [0.2, 0.25) is 5.02 Å². The lowest BCUT2D eigenvalue weighted by atomic mass is 10.3. The number of hydrogen-bond acceptors (Lipinski definition) is 2. The van der Waals surface area contributed by atoms with Gasteiger partial charge in [0.2, 0.25) is 0 Å². The fourth-order valence-electron chi connectivity index (χ4n) is 0.750. The van der Waals surface area contributed by atoms with Crippen molar-refractivity contribution in [2.24, 2.45) is 0 Å². The second-order valence-electron chi connectivity index (χ2n) is 2.64. The first-order valence-electron chi connectivity index (χ1n) is 3.69. The van der Waals surface area contributed by atoms with E-state index in [0.717, 1.165) is 5.57 Å². The third-order valence-electron chi connectivity index (χ3n) is 1.32. The number of pyridine rings is 1. The predicted molar refractivity (Wildman–Crippen MR) is 52.6 cm³/mol. The molecule has 0 atom stereocenters. The van der Waals surface area contributed by atoms with Gasteiger partial charge in [0.15, 0.2) is 0 Å². The summed E-state index contributed by atoms with van der Waals surface area (Å²) >= 11 is 5.85. The summed E-state index contributed by atoms with van der Waals surface area (Å²) < 4.78 is 0. The molecule has 64 valence electrons. The highest BCUT2D eigenvalue weighted by atomic mass is 35.5. The number of nitrogens with zero attached hydrogens (tertiary/aromatic N) is 1. The van der Waals surface area contributed by atoms with Crippen LogP contribution in [0.3, 0.4) is 0 Å². The molecule has 12 heavy (non-hydrogen) atoms. The van der Waals surface area contributed by atoms with E-state index in [0.29, 0.717) is 17.4 Å². The van der Waals surface area contributed by atoms with Crippen molar-refractivity contribution in [3.05, 3.63) is 35.5 Å². The Bertz CT molecular complexity index is 284. The second-order valence-corrected chi connectivity index (χ2v) is 3.05. The van der Waals surface area contributed by atoms with E-state index >= 15 is 0 Å². The molecule has 0 bridgehead atoms. The minimum atomic E-state index is 0.638. The minimum Gasteiger partial charge on any atom is -0.365 e. The van der Waals surface area contributed by atoms with E-state index in [9.17, 15) is 0 Å². The Labute approximate surface area is 77.3 Å². The van der Waals surface area contributed by atoms with Crippen molar-refractivity contribution in [2.45, 2.75) is 6.92 Å². The van der Waals surface area contributed by atoms with Crippen LogP contribution in [0.25, 0.3) is 0 Å². The van der Waals surface area contributed by atoms with E-state index in [4.69, 9.17) is 11.6 Å². The van der Waals surface area contributed by atoms with E-state index in [1.54, 1.807) is 18.3 Å². The maximum absolute atomic E-state index is 5.85. The molecule has 1 aromatic rings. The summed E-state index contributed by atoms with van der Waals surface area (Å²) in [4.78, 5) is 4.07. The molecule has 1 rings (SSSR count). The first kappa shape index (κ1) is 9.07. The molecule has 1 heterocycles. The lowest BCUT2D eigenvalue weighted by Gasteiger charge is -2.05. The summed E-state index contributed by atoms with van der Waals surface area (Å²) in [6.07, 6.45) is 1.70. The van der Waals surface area contributed by atoms with Crippen LogP contribution in [0, 0.1) is 0 Å². The van der Waals surface area contributed by atoms with Crippen LogP contribution >= 0.6 is 11.6 Å². The van der Waals surface area contributed by atoms with Crippen LogP contribution in [0.1, 0.15) is 6.92 Å². The fraction of sp³-hybridized carbons (Fsp3) is 0.222. The van der Waals surface area contributed by atoms with Crippen LogP contribution in [0.15, 0.2) is 30.5 Å². The Balaban J connectivity index is 2.63. The third-order valence-corrected chi connectivity index (χ3v) is 1.62. The third kappa shape index (κ3) is 2.55. The zero-order valence-corrected chi connectivity index (χ0v) is 7.73. The van der Waals surface area contributed by atoms with Gasteiger partial charge < -0.3 is 5.32 Å². The lowest BCUT2D eigenvalue weighted by molar-refractivity contribution is 1.17. The highest BCUT2D eigenvalue weighted by Crippen LogP contribution is 2.17. The molecule has 0 spiro atoms. The van der Waals surface area contributed by atoms with Crippen LogP contribution in [-0.4, -0.2) is 11.5 Å². The van der Waals surface area contributed by atoms with Crippen molar-refractivity contribution in [3.63, 3.8) is 0 Å². The largest absolute Gasteiger partial charge is 0.365 e. The monoisotopic (exact) mass is 182 g/mol. The van der Waals surface area contributed by atoms with Crippen LogP contribution in [0.4, 0.5) is 5.82 Å². The Hall–Kier alpha value is -1.02. The number of nitrogens with one attached hydrogen (secondary N) is 1. The molecular formula is C9H11ClN2. The van der Waals surface area contributed by atoms with Crippen LogP contribution in [0.5, 0.6) is 0 Å². The van der Waals surface area contributed by atoms with Crippen molar-refractivity contribution in [2.75, 3.05) is 11.9 Å². The zero-order valence-electron chi connectivity index (χ0n) is 6.97. The van der Waals surface area contributed by atoms with Gasteiger partial charge in [0.05, 0.1) is 5.02 Å². The SMILES string of the molecule is C=C(C)CNc1ncccc1Cl. The first-order chi connectivity index (χ1) is 5.70. The van der Waals surface area contributed by atoms with Gasteiger partial charge in [0.25, 0.3) is 0 Å². The predicted octanol–water partition coefficient (Wildman–Crippen LogP) is 2.72. The molecule has 0 saturated heterocycles. The average Bonchev–Trinajstić information content (AvgIpc) is 2.03. The molecule has 0 fully saturated rings. The molecule has 0 aliphatic rings. The molecule has 0 amide bonds. The molecule has 0 saturated carbocycles. The van der Waals surface area contributed by atoms with E-state index in [2.05, 4.69) is 16.9 Å². The van der Waals surface area contributed by atoms with Crippen molar-refractivity contribution < 1.29 is 0 Å². The summed E-state index contributed by atoms with van der Waals surface area (Å²) in [6.45, 7) is 6.42. The van der Waals surface area contributed by atoms with Gasteiger partial charge in [-0.15, -0.1) is 0 Å². The van der Waals surface area contributed by atoms with Gasteiger partial charge in [-0.3, -0.25) is 0 Å². The molecule has 0 unspecified atom stereocenters. The fourth-order valence-corrected chi connectivity index (χ4v) is 0.939. The second kappa shape index (κ2) is 4.12. The summed E-state index contributed by atoms with van der Waals surface area (Å²) in [7, 11) is 0. The first-order valence-corrected chi connectivity index (χ1v) is 4.06. The number of rotatable bonds is 3. The molecule has 0 aliphatic carbocycles.